The molecule has 2 heterocycles. The number of hydrogen-bond acceptors (Lipinski definition) is 4. The van der Waals surface area contributed by atoms with Crippen LogP contribution in [0.4, 0.5) is 0 Å². The number of benzene rings is 2. The molecule has 143 valence electrons. The van der Waals surface area contributed by atoms with Crippen LogP contribution in [0, 0.1) is 6.07 Å². The number of carbonyl (C=O) groups excluding carboxylic acids is 1. The van der Waals surface area contributed by atoms with Crippen molar-refractivity contribution in [1.82, 2.24) is 9.97 Å². The quantitative estimate of drug-likeness (QED) is 0.161. The predicted octanol–water partition coefficient (Wildman–Crippen LogP) is 5.28. The maximum absolute atomic E-state index is 10.0. The Morgan fingerprint density at radius 3 is 2.46 bits per heavy atom. The fraction of sp³-hybridized carbons (Fsp3) is 0.0870. The van der Waals surface area contributed by atoms with E-state index in [4.69, 9.17) is 5.11 Å². The Bertz CT molecular complexity index is 1120. The van der Waals surface area contributed by atoms with Gasteiger partial charge in [-0.15, -0.1) is 35.9 Å². The molecule has 4 rings (SSSR count). The summed E-state index contributed by atoms with van der Waals surface area (Å²) in [5, 5.41) is 13.0. The van der Waals surface area contributed by atoms with Gasteiger partial charge in [0.1, 0.15) is 0 Å². The average Bonchev–Trinajstić information content (AvgIpc) is 2.67. The van der Waals surface area contributed by atoms with E-state index in [0.29, 0.717) is 0 Å². The van der Waals surface area contributed by atoms with E-state index in [1.807, 2.05) is 55.0 Å². The van der Waals surface area contributed by atoms with Crippen LogP contribution in [0.2, 0.25) is 0 Å². The molecule has 0 aliphatic rings. The summed E-state index contributed by atoms with van der Waals surface area (Å²) < 4.78 is 0. The van der Waals surface area contributed by atoms with Gasteiger partial charge in [-0.3, -0.25) is 9.78 Å². The topological polar surface area (TPSA) is 63.1 Å². The Hall–Kier alpha value is -2.88. The number of carbonyl (C=O) groups is 1. The number of ketones is 1. The molecule has 0 amide bonds. The third-order valence-corrected chi connectivity index (χ3v) is 3.94. The first-order chi connectivity index (χ1) is 13.1. The third-order valence-electron chi connectivity index (χ3n) is 3.94. The molecule has 2 aromatic heterocycles. The van der Waals surface area contributed by atoms with Crippen LogP contribution in [-0.4, -0.2) is 20.9 Å². The van der Waals surface area contributed by atoms with Gasteiger partial charge in [-0.25, -0.2) is 0 Å². The summed E-state index contributed by atoms with van der Waals surface area (Å²) in [6.07, 6.45) is 6.75. The maximum atomic E-state index is 10.0. The predicted molar refractivity (Wildman–Crippen MR) is 108 cm³/mol. The zero-order chi connectivity index (χ0) is 19.2. The molecule has 0 atom stereocenters. The number of hydrogen-bond donors (Lipinski definition) is 1. The minimum Gasteiger partial charge on any atom is -0.512 e. The molecule has 1 radical (unpaired) electrons. The number of allylic oxidation sites excluding steroid dienone is 2. The van der Waals surface area contributed by atoms with Gasteiger partial charge in [-0.2, -0.15) is 0 Å². The van der Waals surface area contributed by atoms with E-state index < -0.39 is 0 Å². The fourth-order valence-corrected chi connectivity index (χ4v) is 2.87. The Balaban J connectivity index is 0.000000306. The van der Waals surface area contributed by atoms with Crippen molar-refractivity contribution in [2.75, 3.05) is 0 Å². The largest absolute Gasteiger partial charge is 0.512 e. The molecule has 4 nitrogen and oxygen atoms in total. The molecule has 4 aromatic rings. The number of rotatable bonds is 2. The number of aliphatic hydroxyl groups excluding tert-OH is 1. The molecule has 0 bridgehead atoms. The van der Waals surface area contributed by atoms with E-state index in [1.165, 1.54) is 30.7 Å². The maximum Gasteiger partial charge on any atom is 0.155 e. The van der Waals surface area contributed by atoms with Crippen LogP contribution in [-0.2, 0) is 24.9 Å². The molecular formula is C23H19IrN2O2-. The van der Waals surface area contributed by atoms with Crippen molar-refractivity contribution in [3.63, 3.8) is 0 Å². The molecule has 2 aromatic carbocycles. The summed E-state index contributed by atoms with van der Waals surface area (Å²) in [7, 11) is 0. The molecule has 0 aliphatic heterocycles. The van der Waals surface area contributed by atoms with E-state index in [9.17, 15) is 4.79 Å². The van der Waals surface area contributed by atoms with Crippen LogP contribution >= 0.6 is 0 Å². The Labute approximate surface area is 177 Å². The van der Waals surface area contributed by atoms with Gasteiger partial charge >= 0.3 is 0 Å². The Morgan fingerprint density at radius 2 is 1.82 bits per heavy atom. The molecule has 0 fully saturated rings. The smallest absolute Gasteiger partial charge is 0.155 e. The summed E-state index contributed by atoms with van der Waals surface area (Å²) in [4.78, 5) is 18.8. The van der Waals surface area contributed by atoms with Crippen molar-refractivity contribution in [2.45, 2.75) is 13.8 Å². The minimum absolute atomic E-state index is 0. The number of nitrogens with zero attached hydrogens (tertiary/aromatic N) is 2. The van der Waals surface area contributed by atoms with Crippen LogP contribution in [0.1, 0.15) is 13.8 Å². The fourth-order valence-electron chi connectivity index (χ4n) is 2.87. The second kappa shape index (κ2) is 9.88. The molecular weight excluding hydrogens is 528 g/mol. The van der Waals surface area contributed by atoms with E-state index >= 15 is 0 Å². The van der Waals surface area contributed by atoms with Crippen molar-refractivity contribution in [3.8, 4) is 11.3 Å². The second-order valence-corrected chi connectivity index (χ2v) is 6.09. The van der Waals surface area contributed by atoms with Gasteiger partial charge in [0.15, 0.2) is 5.78 Å². The van der Waals surface area contributed by atoms with Crippen LogP contribution in [0.25, 0.3) is 32.8 Å². The SMILES string of the molecule is CC(=O)/C=C(/C)O.[Ir].[c-]1ccccc1-c1nccc2c1ccc1ccncc12. The van der Waals surface area contributed by atoms with Crippen molar-refractivity contribution >= 4 is 27.3 Å². The van der Waals surface area contributed by atoms with Gasteiger partial charge in [0, 0.05) is 50.2 Å². The van der Waals surface area contributed by atoms with Crippen LogP contribution < -0.4 is 0 Å². The van der Waals surface area contributed by atoms with Gasteiger partial charge in [0.05, 0.1) is 5.76 Å². The van der Waals surface area contributed by atoms with Crippen molar-refractivity contribution < 1.29 is 30.0 Å². The summed E-state index contributed by atoms with van der Waals surface area (Å²) in [6, 6.07) is 19.5. The average molecular weight is 548 g/mol. The molecule has 0 spiro atoms. The normalized spacial score (nSPS) is 10.7. The van der Waals surface area contributed by atoms with Crippen LogP contribution in [0.15, 0.2) is 79.0 Å². The van der Waals surface area contributed by atoms with Crippen LogP contribution in [0.5, 0.6) is 0 Å². The number of aromatic nitrogens is 2. The second-order valence-electron chi connectivity index (χ2n) is 6.09. The first-order valence-corrected chi connectivity index (χ1v) is 8.52. The molecule has 28 heavy (non-hydrogen) atoms. The van der Waals surface area contributed by atoms with Gasteiger partial charge in [-0.05, 0) is 47.8 Å². The first-order valence-electron chi connectivity index (χ1n) is 8.52. The number of pyridine rings is 2. The molecule has 5 heteroatoms. The molecule has 0 saturated heterocycles. The first kappa shape index (κ1) is 21.4. The van der Waals surface area contributed by atoms with Gasteiger partial charge < -0.3 is 10.1 Å². The van der Waals surface area contributed by atoms with Crippen molar-refractivity contribution in [3.05, 3.63) is 85.0 Å². The monoisotopic (exact) mass is 548 g/mol. The standard InChI is InChI=1S/C18H11N2.C5H8O2.Ir/c1-2-4-14(5-3-1)18-16-7-6-13-8-10-19-12-17(13)15(16)9-11-20-18;1-4(6)3-5(2)7;/h1-4,6-12H;3,6H,1-2H3;/q-1;;/b;4-3-;. The Morgan fingerprint density at radius 1 is 1.00 bits per heavy atom. The third kappa shape index (κ3) is 5.09. The van der Waals surface area contributed by atoms with E-state index in [2.05, 4.69) is 28.2 Å². The zero-order valence-electron chi connectivity index (χ0n) is 15.5. The number of aliphatic hydroxyl groups is 1. The molecule has 0 saturated carbocycles. The van der Waals surface area contributed by atoms with Crippen molar-refractivity contribution in [2.24, 2.45) is 0 Å². The molecule has 0 unspecified atom stereocenters. The summed E-state index contributed by atoms with van der Waals surface area (Å²) in [5.41, 5.74) is 1.98. The van der Waals surface area contributed by atoms with Gasteiger partial charge in [0.25, 0.3) is 0 Å². The summed E-state index contributed by atoms with van der Waals surface area (Å²) >= 11 is 0. The molecule has 1 N–H and O–H groups in total. The zero-order valence-corrected chi connectivity index (χ0v) is 17.9. The van der Waals surface area contributed by atoms with E-state index in [1.54, 1.807) is 0 Å². The molecule has 0 aliphatic carbocycles. The van der Waals surface area contributed by atoms with Gasteiger partial charge in [0.2, 0.25) is 0 Å². The summed E-state index contributed by atoms with van der Waals surface area (Å²) in [6.45, 7) is 2.85. The van der Waals surface area contributed by atoms with Crippen molar-refractivity contribution in [1.29, 1.82) is 0 Å². The van der Waals surface area contributed by atoms with E-state index in [-0.39, 0.29) is 31.6 Å². The number of fused-ring (bicyclic) bond motifs is 3. The van der Waals surface area contributed by atoms with Crippen LogP contribution in [0.3, 0.4) is 0 Å². The van der Waals surface area contributed by atoms with Gasteiger partial charge in [-0.1, -0.05) is 12.1 Å². The Kier molecular flexibility index (Phi) is 7.56. The summed E-state index contributed by atoms with van der Waals surface area (Å²) in [5.74, 6) is -0.0625. The minimum atomic E-state index is -0.125. The van der Waals surface area contributed by atoms with E-state index in [0.717, 1.165) is 22.0 Å².